The number of benzene rings is 1. The van der Waals surface area contributed by atoms with Gasteiger partial charge in [0, 0.05) is 4.47 Å². The van der Waals surface area contributed by atoms with E-state index in [1.807, 2.05) is 0 Å². The highest BCUT2D eigenvalue weighted by atomic mass is 79.9. The van der Waals surface area contributed by atoms with Crippen LogP contribution in [0.4, 0.5) is 0 Å². The minimum absolute atomic E-state index is 0.469. The summed E-state index contributed by atoms with van der Waals surface area (Å²) in [5.74, 6) is -0.535. The lowest BCUT2D eigenvalue weighted by Crippen LogP contribution is -2.22. The monoisotopic (exact) mass is 278 g/mol. The second kappa shape index (κ2) is 4.66. The Morgan fingerprint density at radius 3 is 2.79 bits per heavy atom. The first kappa shape index (κ1) is 11.3. The molecule has 1 unspecified atom stereocenters. The van der Waals surface area contributed by atoms with Crippen LogP contribution in [-0.4, -0.2) is 17.2 Å². The molecule has 5 heteroatoms. The Bertz CT molecular complexity index is 354. The predicted molar refractivity (Wildman–Crippen MR) is 56.9 cm³/mol. The van der Waals surface area contributed by atoms with Crippen molar-refractivity contribution in [2.24, 2.45) is 0 Å². The van der Waals surface area contributed by atoms with E-state index >= 15 is 0 Å². The van der Waals surface area contributed by atoms with E-state index in [-0.39, 0.29) is 0 Å². The summed E-state index contributed by atoms with van der Waals surface area (Å²) in [6.45, 7) is 1.46. The molecule has 0 aliphatic carbocycles. The lowest BCUT2D eigenvalue weighted by Gasteiger charge is -2.10. The largest absolute Gasteiger partial charge is 0.479 e. The Morgan fingerprint density at radius 2 is 2.29 bits per heavy atom. The van der Waals surface area contributed by atoms with E-state index in [2.05, 4.69) is 15.9 Å². The third-order valence-corrected chi connectivity index (χ3v) is 2.77. The molecule has 0 fully saturated rings. The van der Waals surface area contributed by atoms with Gasteiger partial charge in [0.15, 0.2) is 6.10 Å². The molecular weight excluding hydrogens is 271 g/mol. The van der Waals surface area contributed by atoms with Crippen LogP contribution in [0.25, 0.3) is 0 Å². The van der Waals surface area contributed by atoms with Gasteiger partial charge in [-0.2, -0.15) is 0 Å². The van der Waals surface area contributed by atoms with E-state index in [1.165, 1.54) is 6.92 Å². The third-order valence-electron chi connectivity index (χ3n) is 1.55. The first-order valence-electron chi connectivity index (χ1n) is 3.85. The molecule has 0 saturated heterocycles. The zero-order valence-corrected chi connectivity index (χ0v) is 9.67. The first-order valence-corrected chi connectivity index (χ1v) is 5.02. The fraction of sp³-hybridized carbons (Fsp3) is 0.222. The number of rotatable bonds is 3. The Morgan fingerprint density at radius 1 is 1.64 bits per heavy atom. The highest BCUT2D eigenvalue weighted by Crippen LogP contribution is 2.27. The van der Waals surface area contributed by atoms with Gasteiger partial charge < -0.3 is 9.84 Å². The number of carbonyl (C=O) groups is 1. The number of carboxylic acids is 1. The van der Waals surface area contributed by atoms with Gasteiger partial charge in [0.1, 0.15) is 5.75 Å². The maximum Gasteiger partial charge on any atom is 0.344 e. The standard InChI is InChI=1S/C9H8BrClO3/c1-5(9(12)13)14-6-2-3-8(11)7(10)4-6/h2-5H,1H3,(H,12,13). The van der Waals surface area contributed by atoms with Crippen molar-refractivity contribution in [2.75, 3.05) is 0 Å². The van der Waals surface area contributed by atoms with Crippen molar-refractivity contribution in [2.45, 2.75) is 13.0 Å². The summed E-state index contributed by atoms with van der Waals surface area (Å²) in [5, 5.41) is 9.16. The highest BCUT2D eigenvalue weighted by molar-refractivity contribution is 9.10. The minimum atomic E-state index is -1.00. The number of ether oxygens (including phenoxy) is 1. The second-order valence-electron chi connectivity index (χ2n) is 2.67. The van der Waals surface area contributed by atoms with Crippen molar-refractivity contribution >= 4 is 33.5 Å². The Labute approximate surface area is 94.8 Å². The Hall–Kier alpha value is -0.740. The molecule has 1 rings (SSSR count). The Balaban J connectivity index is 2.78. The van der Waals surface area contributed by atoms with Gasteiger partial charge in [0.25, 0.3) is 0 Å². The molecule has 0 amide bonds. The maximum atomic E-state index is 10.5. The van der Waals surface area contributed by atoms with Crippen LogP contribution in [-0.2, 0) is 4.79 Å². The van der Waals surface area contributed by atoms with E-state index < -0.39 is 12.1 Å². The number of hydrogen-bond acceptors (Lipinski definition) is 2. The lowest BCUT2D eigenvalue weighted by atomic mass is 10.3. The molecule has 3 nitrogen and oxygen atoms in total. The van der Waals surface area contributed by atoms with Crippen LogP contribution < -0.4 is 4.74 Å². The molecule has 1 N–H and O–H groups in total. The summed E-state index contributed by atoms with van der Waals surface area (Å²) in [6.07, 6.45) is -0.872. The molecule has 14 heavy (non-hydrogen) atoms. The van der Waals surface area contributed by atoms with Crippen LogP contribution in [0.3, 0.4) is 0 Å². The van der Waals surface area contributed by atoms with Crippen LogP contribution in [0.15, 0.2) is 22.7 Å². The second-order valence-corrected chi connectivity index (χ2v) is 3.94. The molecule has 0 radical (unpaired) electrons. The number of hydrogen-bond donors (Lipinski definition) is 1. The number of carboxylic acid groups (broad SMARTS) is 1. The molecule has 1 atom stereocenters. The van der Waals surface area contributed by atoms with E-state index in [1.54, 1.807) is 18.2 Å². The van der Waals surface area contributed by atoms with Crippen molar-refractivity contribution in [1.82, 2.24) is 0 Å². The SMILES string of the molecule is CC(Oc1ccc(Cl)c(Br)c1)C(=O)O. The quantitative estimate of drug-likeness (QED) is 0.925. The van der Waals surface area contributed by atoms with Crippen LogP contribution in [0.2, 0.25) is 5.02 Å². The van der Waals surface area contributed by atoms with Gasteiger partial charge in [0.2, 0.25) is 0 Å². The number of halogens is 2. The van der Waals surface area contributed by atoms with Crippen LogP contribution in [0.1, 0.15) is 6.92 Å². The average Bonchev–Trinajstić information content (AvgIpc) is 2.11. The summed E-state index contributed by atoms with van der Waals surface area (Å²) < 4.78 is 5.80. The van der Waals surface area contributed by atoms with Crippen molar-refractivity contribution in [1.29, 1.82) is 0 Å². The highest BCUT2D eigenvalue weighted by Gasteiger charge is 2.12. The summed E-state index contributed by atoms with van der Waals surface area (Å²) in [5.41, 5.74) is 0. The summed E-state index contributed by atoms with van der Waals surface area (Å²) in [4.78, 5) is 10.5. The molecular formula is C9H8BrClO3. The van der Waals surface area contributed by atoms with Gasteiger partial charge >= 0.3 is 5.97 Å². The molecule has 76 valence electrons. The third kappa shape index (κ3) is 2.89. The van der Waals surface area contributed by atoms with Gasteiger partial charge in [-0.25, -0.2) is 4.79 Å². The van der Waals surface area contributed by atoms with Gasteiger partial charge in [-0.1, -0.05) is 11.6 Å². The van der Waals surface area contributed by atoms with Crippen molar-refractivity contribution in [3.05, 3.63) is 27.7 Å². The molecule has 0 bridgehead atoms. The van der Waals surface area contributed by atoms with Crippen LogP contribution >= 0.6 is 27.5 Å². The van der Waals surface area contributed by atoms with Gasteiger partial charge in [-0.3, -0.25) is 0 Å². The Kier molecular flexibility index (Phi) is 3.77. The van der Waals surface area contributed by atoms with Gasteiger partial charge in [0.05, 0.1) is 5.02 Å². The molecule has 0 spiro atoms. The molecule has 0 heterocycles. The topological polar surface area (TPSA) is 46.5 Å². The van der Waals surface area contributed by atoms with Crippen molar-refractivity contribution in [3.63, 3.8) is 0 Å². The van der Waals surface area contributed by atoms with Crippen molar-refractivity contribution in [3.8, 4) is 5.75 Å². The molecule has 1 aromatic carbocycles. The summed E-state index contributed by atoms with van der Waals surface area (Å²) >= 11 is 8.97. The maximum absolute atomic E-state index is 10.5. The normalized spacial score (nSPS) is 12.2. The first-order chi connectivity index (χ1) is 6.50. The number of aliphatic carboxylic acids is 1. The predicted octanol–water partition coefficient (Wildman–Crippen LogP) is 2.95. The van der Waals surface area contributed by atoms with Gasteiger partial charge in [-0.15, -0.1) is 0 Å². The molecule has 1 aromatic rings. The van der Waals surface area contributed by atoms with E-state index in [0.29, 0.717) is 15.2 Å². The zero-order chi connectivity index (χ0) is 10.7. The van der Waals surface area contributed by atoms with Crippen LogP contribution in [0.5, 0.6) is 5.75 Å². The lowest BCUT2D eigenvalue weighted by molar-refractivity contribution is -0.144. The molecule has 0 aliphatic rings. The molecule has 0 saturated carbocycles. The fourth-order valence-corrected chi connectivity index (χ4v) is 1.28. The summed E-state index contributed by atoms with van der Waals surface area (Å²) in [7, 11) is 0. The van der Waals surface area contributed by atoms with Crippen molar-refractivity contribution < 1.29 is 14.6 Å². The fourth-order valence-electron chi connectivity index (χ4n) is 0.805. The summed E-state index contributed by atoms with van der Waals surface area (Å²) in [6, 6.07) is 4.88. The molecule has 0 aliphatic heterocycles. The molecule has 0 aromatic heterocycles. The smallest absolute Gasteiger partial charge is 0.344 e. The van der Waals surface area contributed by atoms with Crippen LogP contribution in [0, 0.1) is 0 Å². The van der Waals surface area contributed by atoms with Gasteiger partial charge in [-0.05, 0) is 41.1 Å². The van der Waals surface area contributed by atoms with E-state index in [0.717, 1.165) is 0 Å². The average molecular weight is 280 g/mol. The minimum Gasteiger partial charge on any atom is -0.479 e. The zero-order valence-electron chi connectivity index (χ0n) is 7.33. The van der Waals surface area contributed by atoms with E-state index in [4.69, 9.17) is 21.4 Å². The van der Waals surface area contributed by atoms with E-state index in [9.17, 15) is 4.79 Å².